The van der Waals surface area contributed by atoms with Gasteiger partial charge in [-0.1, -0.05) is 19.9 Å². The smallest absolute Gasteiger partial charge is 0.317 e. The minimum atomic E-state index is -0.554. The van der Waals surface area contributed by atoms with E-state index in [1.54, 1.807) is 26.5 Å². The van der Waals surface area contributed by atoms with Gasteiger partial charge in [0, 0.05) is 33.0 Å². The minimum Gasteiger partial charge on any atom is -0.350 e. The van der Waals surface area contributed by atoms with Crippen LogP contribution in [0.1, 0.15) is 19.4 Å². The number of nitrogens with zero attached hydrogens (tertiary/aromatic N) is 2. The summed E-state index contributed by atoms with van der Waals surface area (Å²) in [4.78, 5) is 29.2. The summed E-state index contributed by atoms with van der Waals surface area (Å²) in [6.07, 6.45) is 3.38. The van der Waals surface area contributed by atoms with Gasteiger partial charge in [-0.05, 0) is 17.5 Å². The highest BCUT2D eigenvalue weighted by atomic mass is 16.2. The lowest BCUT2D eigenvalue weighted by Gasteiger charge is -2.23. The first-order valence-corrected chi connectivity index (χ1v) is 6.56. The molecule has 110 valence electrons. The number of aromatic nitrogens is 1. The highest BCUT2D eigenvalue weighted by Crippen LogP contribution is 2.03. The molecule has 1 rings (SSSR count). The number of nitrogens with one attached hydrogen (secondary N) is 2. The third-order valence-corrected chi connectivity index (χ3v) is 2.82. The Balaban J connectivity index is 2.58. The standard InChI is InChI=1S/C14H22N4O2/c1-10(2)12(17-14(20)18(3)4)13(19)16-9-11-6-5-7-15-8-11/h5-8,10,12H,9H2,1-4H3,(H,16,19)(H,17,20)/t12-/m1/s1. The number of hydrogen-bond acceptors (Lipinski definition) is 3. The predicted octanol–water partition coefficient (Wildman–Crippen LogP) is 0.994. The molecule has 6 heteroatoms. The van der Waals surface area contributed by atoms with Gasteiger partial charge < -0.3 is 15.5 Å². The Morgan fingerprint density at radius 3 is 2.55 bits per heavy atom. The van der Waals surface area contributed by atoms with E-state index in [0.717, 1.165) is 5.56 Å². The van der Waals surface area contributed by atoms with Crippen LogP contribution in [0.2, 0.25) is 0 Å². The molecule has 6 nitrogen and oxygen atoms in total. The van der Waals surface area contributed by atoms with Crippen molar-refractivity contribution >= 4 is 11.9 Å². The highest BCUT2D eigenvalue weighted by molar-refractivity contribution is 5.87. The van der Waals surface area contributed by atoms with Gasteiger partial charge >= 0.3 is 6.03 Å². The van der Waals surface area contributed by atoms with Gasteiger partial charge in [0.25, 0.3) is 0 Å². The molecule has 0 aromatic carbocycles. The van der Waals surface area contributed by atoms with E-state index in [1.165, 1.54) is 4.90 Å². The molecule has 1 atom stereocenters. The molecule has 1 aromatic heterocycles. The van der Waals surface area contributed by atoms with Gasteiger partial charge in [-0.3, -0.25) is 9.78 Å². The summed E-state index contributed by atoms with van der Waals surface area (Å²) in [5.74, 6) is -0.188. The Bertz CT molecular complexity index is 446. The first-order chi connectivity index (χ1) is 9.41. The summed E-state index contributed by atoms with van der Waals surface area (Å²) in [5.41, 5.74) is 0.919. The summed E-state index contributed by atoms with van der Waals surface area (Å²) >= 11 is 0. The Morgan fingerprint density at radius 1 is 1.35 bits per heavy atom. The molecule has 1 heterocycles. The Labute approximate surface area is 119 Å². The molecule has 3 amide bonds. The molecule has 0 aliphatic carbocycles. The van der Waals surface area contributed by atoms with Crippen LogP contribution in [0.3, 0.4) is 0 Å². The van der Waals surface area contributed by atoms with Crippen LogP contribution in [0.4, 0.5) is 4.79 Å². The van der Waals surface area contributed by atoms with Gasteiger partial charge in [-0.15, -0.1) is 0 Å². The lowest BCUT2D eigenvalue weighted by atomic mass is 10.0. The molecule has 0 saturated carbocycles. The Kier molecular flexibility index (Phi) is 5.96. The maximum Gasteiger partial charge on any atom is 0.317 e. The molecule has 20 heavy (non-hydrogen) atoms. The van der Waals surface area contributed by atoms with Crippen molar-refractivity contribution in [3.05, 3.63) is 30.1 Å². The molecular weight excluding hydrogens is 256 g/mol. The van der Waals surface area contributed by atoms with Gasteiger partial charge in [-0.2, -0.15) is 0 Å². The van der Waals surface area contributed by atoms with E-state index in [-0.39, 0.29) is 17.9 Å². The van der Waals surface area contributed by atoms with Crippen molar-refractivity contribution in [1.82, 2.24) is 20.5 Å². The van der Waals surface area contributed by atoms with Crippen molar-refractivity contribution in [2.45, 2.75) is 26.4 Å². The van der Waals surface area contributed by atoms with E-state index in [4.69, 9.17) is 0 Å². The minimum absolute atomic E-state index is 0.00722. The normalized spacial score (nSPS) is 11.8. The van der Waals surface area contributed by atoms with Crippen LogP contribution in [0.25, 0.3) is 0 Å². The second-order valence-electron chi connectivity index (χ2n) is 5.14. The van der Waals surface area contributed by atoms with Gasteiger partial charge in [0.15, 0.2) is 0 Å². The number of rotatable bonds is 5. The number of pyridine rings is 1. The summed E-state index contributed by atoms with van der Waals surface area (Å²) in [6, 6.07) is 2.87. The largest absolute Gasteiger partial charge is 0.350 e. The fraction of sp³-hybridized carbons (Fsp3) is 0.500. The molecule has 1 aromatic rings. The second-order valence-corrected chi connectivity index (χ2v) is 5.14. The molecule has 0 spiro atoms. The van der Waals surface area contributed by atoms with E-state index >= 15 is 0 Å². The lowest BCUT2D eigenvalue weighted by Crippen LogP contribution is -2.52. The first-order valence-electron chi connectivity index (χ1n) is 6.56. The number of carbonyl (C=O) groups is 2. The second kappa shape index (κ2) is 7.47. The monoisotopic (exact) mass is 278 g/mol. The summed E-state index contributed by atoms with van der Waals surface area (Å²) in [6.45, 7) is 4.18. The van der Waals surface area contributed by atoms with Crippen molar-refractivity contribution < 1.29 is 9.59 Å². The Morgan fingerprint density at radius 2 is 2.05 bits per heavy atom. The van der Waals surface area contributed by atoms with E-state index in [9.17, 15) is 9.59 Å². The summed E-state index contributed by atoms with van der Waals surface area (Å²) in [7, 11) is 3.28. The number of urea groups is 1. The number of amides is 3. The van der Waals surface area contributed by atoms with Crippen LogP contribution in [-0.2, 0) is 11.3 Å². The van der Waals surface area contributed by atoms with Crippen LogP contribution in [0.15, 0.2) is 24.5 Å². The molecule has 0 saturated heterocycles. The van der Waals surface area contributed by atoms with Crippen LogP contribution in [0, 0.1) is 5.92 Å². The van der Waals surface area contributed by atoms with Gasteiger partial charge in [0.2, 0.25) is 5.91 Å². The van der Waals surface area contributed by atoms with E-state index in [0.29, 0.717) is 6.54 Å². The van der Waals surface area contributed by atoms with Crippen molar-refractivity contribution in [2.75, 3.05) is 14.1 Å². The van der Waals surface area contributed by atoms with Crippen molar-refractivity contribution in [2.24, 2.45) is 5.92 Å². The zero-order valence-electron chi connectivity index (χ0n) is 12.4. The first kappa shape index (κ1) is 15.9. The van der Waals surface area contributed by atoms with Crippen molar-refractivity contribution in [3.8, 4) is 0 Å². The van der Waals surface area contributed by atoms with Crippen molar-refractivity contribution in [1.29, 1.82) is 0 Å². The molecule has 0 radical (unpaired) electrons. The van der Waals surface area contributed by atoms with E-state index in [1.807, 2.05) is 26.0 Å². The van der Waals surface area contributed by atoms with E-state index in [2.05, 4.69) is 15.6 Å². The van der Waals surface area contributed by atoms with Gasteiger partial charge in [0.1, 0.15) is 6.04 Å². The topological polar surface area (TPSA) is 74.3 Å². The predicted molar refractivity (Wildman–Crippen MR) is 76.9 cm³/mol. The zero-order chi connectivity index (χ0) is 15.1. The Hall–Kier alpha value is -2.11. The number of hydrogen-bond donors (Lipinski definition) is 2. The molecule has 0 fully saturated rings. The van der Waals surface area contributed by atoms with Crippen LogP contribution in [0.5, 0.6) is 0 Å². The fourth-order valence-corrected chi connectivity index (χ4v) is 1.60. The molecule has 0 aliphatic heterocycles. The highest BCUT2D eigenvalue weighted by Gasteiger charge is 2.24. The third-order valence-electron chi connectivity index (χ3n) is 2.82. The van der Waals surface area contributed by atoms with Crippen molar-refractivity contribution in [3.63, 3.8) is 0 Å². The zero-order valence-corrected chi connectivity index (χ0v) is 12.4. The summed E-state index contributed by atoms with van der Waals surface area (Å²) in [5, 5.41) is 5.52. The van der Waals surface area contributed by atoms with Crippen LogP contribution >= 0.6 is 0 Å². The number of carbonyl (C=O) groups excluding carboxylic acids is 2. The van der Waals surface area contributed by atoms with Gasteiger partial charge in [0.05, 0.1) is 0 Å². The van der Waals surface area contributed by atoms with E-state index < -0.39 is 6.04 Å². The average Bonchev–Trinajstić information content (AvgIpc) is 2.42. The fourth-order valence-electron chi connectivity index (χ4n) is 1.60. The average molecular weight is 278 g/mol. The third kappa shape index (κ3) is 4.87. The maximum atomic E-state index is 12.2. The van der Waals surface area contributed by atoms with Crippen LogP contribution < -0.4 is 10.6 Å². The molecular formula is C14H22N4O2. The quantitative estimate of drug-likeness (QED) is 0.843. The maximum absolute atomic E-state index is 12.2. The van der Waals surface area contributed by atoms with Crippen LogP contribution in [-0.4, -0.2) is 42.0 Å². The molecule has 0 aliphatic rings. The lowest BCUT2D eigenvalue weighted by molar-refractivity contribution is -0.124. The van der Waals surface area contributed by atoms with Gasteiger partial charge in [-0.25, -0.2) is 4.79 Å². The SMILES string of the molecule is CC(C)[C@@H](NC(=O)N(C)C)C(=O)NCc1cccnc1. The molecule has 0 bridgehead atoms. The summed E-state index contributed by atoms with van der Waals surface area (Å²) < 4.78 is 0. The molecule has 2 N–H and O–H groups in total. The molecule has 0 unspecified atom stereocenters.